The number of carbonyl (C=O) groups is 1. The molecule has 1 N–H and O–H groups in total. The molecule has 1 saturated heterocycles. The fraction of sp³-hybridized carbons (Fsp3) is 0.500. The van der Waals surface area contributed by atoms with Gasteiger partial charge in [-0.15, -0.1) is 0 Å². The molecule has 0 spiro atoms. The number of rotatable bonds is 3. The van der Waals surface area contributed by atoms with Crippen LogP contribution in [0.3, 0.4) is 0 Å². The lowest BCUT2D eigenvalue weighted by molar-refractivity contribution is 0.0921. The number of nitrogens with zero attached hydrogens (tertiary/aromatic N) is 1. The summed E-state index contributed by atoms with van der Waals surface area (Å²) in [5.41, 5.74) is 0.574. The SMILES string of the molecule is CC(NC(=O)c1cncc(Br)c1)C1CCOC1. The van der Waals surface area contributed by atoms with Crippen LogP contribution in [-0.2, 0) is 4.74 Å². The number of halogens is 1. The molecule has 5 heteroatoms. The van der Waals surface area contributed by atoms with Gasteiger partial charge in [0.15, 0.2) is 0 Å². The van der Waals surface area contributed by atoms with Crippen LogP contribution in [0.4, 0.5) is 0 Å². The topological polar surface area (TPSA) is 51.2 Å². The highest BCUT2D eigenvalue weighted by Gasteiger charge is 2.23. The van der Waals surface area contributed by atoms with Crippen molar-refractivity contribution in [1.29, 1.82) is 0 Å². The molecule has 0 radical (unpaired) electrons. The molecule has 0 aliphatic carbocycles. The molecule has 2 atom stereocenters. The minimum Gasteiger partial charge on any atom is -0.381 e. The number of hydrogen-bond acceptors (Lipinski definition) is 3. The van der Waals surface area contributed by atoms with Crippen LogP contribution in [0.25, 0.3) is 0 Å². The predicted molar refractivity (Wildman–Crippen MR) is 67.8 cm³/mol. The van der Waals surface area contributed by atoms with E-state index in [2.05, 4.69) is 26.2 Å². The van der Waals surface area contributed by atoms with Gasteiger partial charge in [0.2, 0.25) is 0 Å². The third-order valence-electron chi connectivity index (χ3n) is 3.00. The number of amides is 1. The standard InChI is InChI=1S/C12H15BrN2O2/c1-8(9-2-3-17-7-9)15-12(16)10-4-11(13)6-14-5-10/h4-6,8-9H,2-3,7H2,1H3,(H,15,16). The Morgan fingerprint density at radius 3 is 3.12 bits per heavy atom. The quantitative estimate of drug-likeness (QED) is 0.928. The molecule has 1 fully saturated rings. The van der Waals surface area contributed by atoms with Crippen molar-refractivity contribution in [2.24, 2.45) is 5.92 Å². The molecule has 0 bridgehead atoms. The van der Waals surface area contributed by atoms with Crippen molar-refractivity contribution in [2.45, 2.75) is 19.4 Å². The van der Waals surface area contributed by atoms with Crippen LogP contribution in [0.2, 0.25) is 0 Å². The van der Waals surface area contributed by atoms with Gasteiger partial charge >= 0.3 is 0 Å². The fourth-order valence-corrected chi connectivity index (χ4v) is 2.26. The summed E-state index contributed by atoms with van der Waals surface area (Å²) in [6, 6.07) is 1.89. The molecule has 1 aliphatic heterocycles. The Balaban J connectivity index is 1.96. The number of pyridine rings is 1. The molecule has 1 aromatic rings. The first-order valence-corrected chi connectivity index (χ1v) is 6.45. The Kier molecular flexibility index (Phi) is 4.12. The maximum atomic E-state index is 12.0. The third kappa shape index (κ3) is 3.26. The van der Waals surface area contributed by atoms with Crippen LogP contribution in [0.15, 0.2) is 22.9 Å². The van der Waals surface area contributed by atoms with Crippen LogP contribution >= 0.6 is 15.9 Å². The molecule has 2 rings (SSSR count). The third-order valence-corrected chi connectivity index (χ3v) is 3.43. The van der Waals surface area contributed by atoms with Crippen molar-refractivity contribution in [3.05, 3.63) is 28.5 Å². The highest BCUT2D eigenvalue weighted by molar-refractivity contribution is 9.10. The lowest BCUT2D eigenvalue weighted by atomic mass is 10.0. The second-order valence-corrected chi connectivity index (χ2v) is 5.19. The number of hydrogen-bond donors (Lipinski definition) is 1. The van der Waals surface area contributed by atoms with Gasteiger partial charge in [-0.05, 0) is 35.3 Å². The Bertz CT molecular complexity index is 405. The molecular formula is C12H15BrN2O2. The molecule has 2 unspecified atom stereocenters. The van der Waals surface area contributed by atoms with E-state index in [9.17, 15) is 4.79 Å². The minimum atomic E-state index is -0.0850. The first-order chi connectivity index (χ1) is 8.16. The zero-order valence-electron chi connectivity index (χ0n) is 9.65. The molecule has 0 aromatic carbocycles. The maximum Gasteiger partial charge on any atom is 0.253 e. The molecular weight excluding hydrogens is 284 g/mol. The average molecular weight is 299 g/mol. The molecule has 1 aromatic heterocycles. The highest BCUT2D eigenvalue weighted by Crippen LogP contribution is 2.17. The average Bonchev–Trinajstić information content (AvgIpc) is 2.82. The summed E-state index contributed by atoms with van der Waals surface area (Å²) in [6.45, 7) is 3.55. The Labute approximate surface area is 109 Å². The summed E-state index contributed by atoms with van der Waals surface area (Å²) in [6.07, 6.45) is 4.24. The Morgan fingerprint density at radius 1 is 1.65 bits per heavy atom. The van der Waals surface area contributed by atoms with E-state index in [1.54, 1.807) is 18.5 Å². The van der Waals surface area contributed by atoms with Crippen LogP contribution in [-0.4, -0.2) is 30.1 Å². The monoisotopic (exact) mass is 298 g/mol. The van der Waals surface area contributed by atoms with Crippen molar-refractivity contribution in [3.8, 4) is 0 Å². The summed E-state index contributed by atoms with van der Waals surface area (Å²) in [5, 5.41) is 2.99. The summed E-state index contributed by atoms with van der Waals surface area (Å²) < 4.78 is 6.12. The fourth-order valence-electron chi connectivity index (χ4n) is 1.89. The Morgan fingerprint density at radius 2 is 2.47 bits per heavy atom. The number of aromatic nitrogens is 1. The molecule has 0 saturated carbocycles. The van der Waals surface area contributed by atoms with Gasteiger partial charge in [0.05, 0.1) is 12.2 Å². The summed E-state index contributed by atoms with van der Waals surface area (Å²) in [4.78, 5) is 15.9. The predicted octanol–water partition coefficient (Wildman–Crippen LogP) is 2.00. The van der Waals surface area contributed by atoms with Gasteiger partial charge < -0.3 is 10.1 Å². The summed E-state index contributed by atoms with van der Waals surface area (Å²) in [5.74, 6) is 0.331. The maximum absolute atomic E-state index is 12.0. The minimum absolute atomic E-state index is 0.0850. The van der Waals surface area contributed by atoms with Crippen molar-refractivity contribution in [1.82, 2.24) is 10.3 Å². The van der Waals surface area contributed by atoms with Gasteiger partial charge in [-0.1, -0.05) is 0 Å². The van der Waals surface area contributed by atoms with Crippen molar-refractivity contribution < 1.29 is 9.53 Å². The zero-order chi connectivity index (χ0) is 12.3. The van der Waals surface area contributed by atoms with Crippen LogP contribution in [0, 0.1) is 5.92 Å². The lowest BCUT2D eigenvalue weighted by Gasteiger charge is -2.19. The normalized spacial score (nSPS) is 21.2. The first kappa shape index (κ1) is 12.5. The van der Waals surface area contributed by atoms with Gasteiger partial charge in [-0.2, -0.15) is 0 Å². The zero-order valence-corrected chi connectivity index (χ0v) is 11.2. The van der Waals surface area contributed by atoms with Crippen LogP contribution < -0.4 is 5.32 Å². The van der Waals surface area contributed by atoms with E-state index in [0.29, 0.717) is 11.5 Å². The van der Waals surface area contributed by atoms with Crippen LogP contribution in [0.5, 0.6) is 0 Å². The lowest BCUT2D eigenvalue weighted by Crippen LogP contribution is -2.38. The smallest absolute Gasteiger partial charge is 0.253 e. The summed E-state index contributed by atoms with van der Waals surface area (Å²) in [7, 11) is 0. The van der Waals surface area contributed by atoms with Gasteiger partial charge in [-0.25, -0.2) is 0 Å². The van der Waals surface area contributed by atoms with Gasteiger partial charge in [0.1, 0.15) is 0 Å². The van der Waals surface area contributed by atoms with Gasteiger partial charge in [-0.3, -0.25) is 9.78 Å². The van der Waals surface area contributed by atoms with E-state index in [-0.39, 0.29) is 11.9 Å². The molecule has 1 amide bonds. The van der Waals surface area contributed by atoms with E-state index < -0.39 is 0 Å². The first-order valence-electron chi connectivity index (χ1n) is 5.66. The largest absolute Gasteiger partial charge is 0.381 e. The van der Waals surface area contributed by atoms with E-state index in [1.807, 2.05) is 6.92 Å². The van der Waals surface area contributed by atoms with Crippen LogP contribution in [0.1, 0.15) is 23.7 Å². The van der Waals surface area contributed by atoms with Crippen molar-refractivity contribution in [3.63, 3.8) is 0 Å². The number of ether oxygens (including phenoxy) is 1. The number of nitrogens with one attached hydrogen (secondary N) is 1. The Hall–Kier alpha value is -0.940. The highest BCUT2D eigenvalue weighted by atomic mass is 79.9. The second kappa shape index (κ2) is 5.60. The molecule has 92 valence electrons. The van der Waals surface area contributed by atoms with E-state index >= 15 is 0 Å². The summed E-state index contributed by atoms with van der Waals surface area (Å²) >= 11 is 3.30. The van der Waals surface area contributed by atoms with Gasteiger partial charge in [0.25, 0.3) is 5.91 Å². The molecule has 1 aliphatic rings. The van der Waals surface area contributed by atoms with Crippen molar-refractivity contribution in [2.75, 3.05) is 13.2 Å². The van der Waals surface area contributed by atoms with E-state index in [1.165, 1.54) is 0 Å². The molecule has 2 heterocycles. The molecule has 4 nitrogen and oxygen atoms in total. The van der Waals surface area contributed by atoms with E-state index in [4.69, 9.17) is 4.74 Å². The van der Waals surface area contributed by atoms with Crippen molar-refractivity contribution >= 4 is 21.8 Å². The van der Waals surface area contributed by atoms with Gasteiger partial charge in [0, 0.05) is 35.4 Å². The van der Waals surface area contributed by atoms with E-state index in [0.717, 1.165) is 24.1 Å². The second-order valence-electron chi connectivity index (χ2n) is 4.28. The molecule has 17 heavy (non-hydrogen) atoms. The number of carbonyl (C=O) groups excluding carboxylic acids is 1.